The van der Waals surface area contributed by atoms with Crippen molar-refractivity contribution >= 4 is 28.4 Å². The second-order valence-electron chi connectivity index (χ2n) is 6.79. The number of nitrogens with zero attached hydrogens (tertiary/aromatic N) is 5. The summed E-state index contributed by atoms with van der Waals surface area (Å²) >= 11 is 6.24. The van der Waals surface area contributed by atoms with Crippen LogP contribution in [0.1, 0.15) is 32.3 Å². The zero-order chi connectivity index (χ0) is 19.6. The maximum absolute atomic E-state index is 12.7. The Bertz CT molecular complexity index is 709. The van der Waals surface area contributed by atoms with Crippen molar-refractivity contribution in [1.82, 2.24) is 9.88 Å². The SMILES string of the molecule is CCC1C(Cl)=NN=C(N2CCN(c3ccc(C(F)(F)F)cn3)CC2)C1CC. The minimum absolute atomic E-state index is 0.193. The van der Waals surface area contributed by atoms with Gasteiger partial charge >= 0.3 is 6.18 Å². The zero-order valence-electron chi connectivity index (χ0n) is 15.4. The maximum atomic E-state index is 12.7. The number of alkyl halides is 3. The second kappa shape index (κ2) is 8.04. The second-order valence-corrected chi connectivity index (χ2v) is 7.17. The Morgan fingerprint density at radius 2 is 1.63 bits per heavy atom. The van der Waals surface area contributed by atoms with Gasteiger partial charge in [0.25, 0.3) is 0 Å². The predicted octanol–water partition coefficient (Wildman–Crippen LogP) is 4.24. The van der Waals surface area contributed by atoms with Crippen LogP contribution in [0.5, 0.6) is 0 Å². The van der Waals surface area contributed by atoms with E-state index in [1.165, 1.54) is 6.07 Å². The van der Waals surface area contributed by atoms with Gasteiger partial charge in [0.2, 0.25) is 0 Å². The van der Waals surface area contributed by atoms with E-state index in [0.717, 1.165) is 44.0 Å². The van der Waals surface area contributed by atoms with E-state index in [-0.39, 0.29) is 11.8 Å². The molecule has 2 unspecified atom stereocenters. The molecule has 0 spiro atoms. The van der Waals surface area contributed by atoms with Crippen LogP contribution >= 0.6 is 11.6 Å². The summed E-state index contributed by atoms with van der Waals surface area (Å²) in [7, 11) is 0. The lowest BCUT2D eigenvalue weighted by atomic mass is 9.86. The molecule has 1 aromatic rings. The van der Waals surface area contributed by atoms with Crippen LogP contribution in [-0.4, -0.2) is 47.1 Å². The molecule has 5 nitrogen and oxygen atoms in total. The minimum Gasteiger partial charge on any atom is -0.355 e. The van der Waals surface area contributed by atoms with Gasteiger partial charge in [-0.1, -0.05) is 25.4 Å². The summed E-state index contributed by atoms with van der Waals surface area (Å²) < 4.78 is 38.1. The Balaban J connectivity index is 1.67. The van der Waals surface area contributed by atoms with Crippen molar-refractivity contribution in [3.05, 3.63) is 23.9 Å². The molecule has 27 heavy (non-hydrogen) atoms. The summed E-state index contributed by atoms with van der Waals surface area (Å²) in [5.74, 6) is 1.97. The number of rotatable bonds is 3. The van der Waals surface area contributed by atoms with E-state index in [1.54, 1.807) is 0 Å². The molecule has 1 fully saturated rings. The molecule has 0 aromatic carbocycles. The highest BCUT2D eigenvalue weighted by Crippen LogP contribution is 2.31. The number of amidine groups is 1. The van der Waals surface area contributed by atoms with Crippen molar-refractivity contribution in [2.75, 3.05) is 31.1 Å². The van der Waals surface area contributed by atoms with Crippen LogP contribution in [0.4, 0.5) is 19.0 Å². The molecule has 0 saturated carbocycles. The van der Waals surface area contributed by atoms with Crippen LogP contribution in [0.25, 0.3) is 0 Å². The van der Waals surface area contributed by atoms with Gasteiger partial charge < -0.3 is 9.80 Å². The third kappa shape index (κ3) is 4.20. The third-order valence-corrected chi connectivity index (χ3v) is 5.61. The minimum atomic E-state index is -4.36. The van der Waals surface area contributed by atoms with Gasteiger partial charge in [-0.3, -0.25) is 0 Å². The van der Waals surface area contributed by atoms with Crippen LogP contribution in [0, 0.1) is 11.8 Å². The average molecular weight is 402 g/mol. The van der Waals surface area contributed by atoms with Crippen molar-refractivity contribution in [2.45, 2.75) is 32.9 Å². The fraction of sp³-hybridized carbons (Fsp3) is 0.611. The van der Waals surface area contributed by atoms with E-state index in [0.29, 0.717) is 24.1 Å². The summed E-state index contributed by atoms with van der Waals surface area (Å²) in [6.45, 7) is 7.01. The summed E-state index contributed by atoms with van der Waals surface area (Å²) in [4.78, 5) is 8.20. The smallest absolute Gasteiger partial charge is 0.355 e. The molecule has 3 heterocycles. The molecule has 2 aliphatic rings. The zero-order valence-corrected chi connectivity index (χ0v) is 16.1. The molecular formula is C18H23ClF3N5. The fourth-order valence-corrected chi connectivity index (χ4v) is 4.06. The lowest BCUT2D eigenvalue weighted by Crippen LogP contribution is -2.52. The van der Waals surface area contributed by atoms with Gasteiger partial charge in [0, 0.05) is 44.2 Å². The largest absolute Gasteiger partial charge is 0.417 e. The standard InChI is InChI=1S/C18H23ClF3N5/c1-3-13-14(4-2)17(25-24-16(13)19)27-9-7-26(8-10-27)15-6-5-12(11-23-15)18(20,21)22/h5-6,11,13-14H,3-4,7-10H2,1-2H3. The van der Waals surface area contributed by atoms with E-state index in [4.69, 9.17) is 11.6 Å². The Kier molecular flexibility index (Phi) is 5.93. The lowest BCUT2D eigenvalue weighted by Gasteiger charge is -2.40. The molecule has 2 atom stereocenters. The van der Waals surface area contributed by atoms with E-state index in [2.05, 4.69) is 33.9 Å². The van der Waals surface area contributed by atoms with E-state index in [9.17, 15) is 13.2 Å². The Hall–Kier alpha value is -1.83. The first-order chi connectivity index (χ1) is 12.8. The molecule has 0 aliphatic carbocycles. The number of hydrogen-bond donors (Lipinski definition) is 0. The summed E-state index contributed by atoms with van der Waals surface area (Å²) in [6.07, 6.45) is -1.63. The maximum Gasteiger partial charge on any atom is 0.417 e. The quantitative estimate of drug-likeness (QED) is 0.761. The van der Waals surface area contributed by atoms with Crippen molar-refractivity contribution < 1.29 is 13.2 Å². The number of halogens is 4. The summed E-state index contributed by atoms with van der Waals surface area (Å²) in [5, 5.41) is 9.07. The molecule has 0 amide bonds. The Labute approximate surface area is 161 Å². The first-order valence-corrected chi connectivity index (χ1v) is 9.57. The van der Waals surface area contributed by atoms with Gasteiger partial charge in [0.05, 0.1) is 5.56 Å². The first kappa shape index (κ1) is 19.9. The lowest BCUT2D eigenvalue weighted by molar-refractivity contribution is -0.137. The van der Waals surface area contributed by atoms with Gasteiger partial charge in [-0.05, 0) is 25.0 Å². The van der Waals surface area contributed by atoms with Gasteiger partial charge in [0.15, 0.2) is 0 Å². The summed E-state index contributed by atoms with van der Waals surface area (Å²) in [6, 6.07) is 2.51. The summed E-state index contributed by atoms with van der Waals surface area (Å²) in [5.41, 5.74) is -0.729. The topological polar surface area (TPSA) is 44.1 Å². The van der Waals surface area contributed by atoms with Crippen molar-refractivity contribution in [3.63, 3.8) is 0 Å². The molecule has 3 rings (SSSR count). The highest BCUT2D eigenvalue weighted by atomic mass is 35.5. The Morgan fingerprint density at radius 1 is 1.00 bits per heavy atom. The van der Waals surface area contributed by atoms with Crippen LogP contribution in [0.15, 0.2) is 28.5 Å². The third-order valence-electron chi connectivity index (χ3n) is 5.25. The molecule has 0 bridgehead atoms. The number of anilines is 1. The van der Waals surface area contributed by atoms with E-state index >= 15 is 0 Å². The highest BCUT2D eigenvalue weighted by molar-refractivity contribution is 6.66. The number of pyridine rings is 1. The van der Waals surface area contributed by atoms with Gasteiger partial charge in [0.1, 0.15) is 16.8 Å². The molecule has 9 heteroatoms. The molecule has 0 N–H and O–H groups in total. The van der Waals surface area contributed by atoms with Crippen LogP contribution in [-0.2, 0) is 6.18 Å². The van der Waals surface area contributed by atoms with E-state index < -0.39 is 11.7 Å². The van der Waals surface area contributed by atoms with Crippen LogP contribution in [0.2, 0.25) is 0 Å². The highest BCUT2D eigenvalue weighted by Gasteiger charge is 2.35. The van der Waals surface area contributed by atoms with Crippen molar-refractivity contribution in [2.24, 2.45) is 22.0 Å². The van der Waals surface area contributed by atoms with Gasteiger partial charge in [-0.15, -0.1) is 10.2 Å². The van der Waals surface area contributed by atoms with E-state index in [1.807, 2.05) is 4.90 Å². The van der Waals surface area contributed by atoms with Gasteiger partial charge in [-0.2, -0.15) is 13.2 Å². The molecule has 2 aliphatic heterocycles. The number of piperazine rings is 1. The molecule has 148 valence electrons. The fourth-order valence-electron chi connectivity index (χ4n) is 3.72. The normalized spacial score (nSPS) is 23.9. The first-order valence-electron chi connectivity index (χ1n) is 9.19. The Morgan fingerprint density at radius 3 is 2.15 bits per heavy atom. The molecule has 1 saturated heterocycles. The monoisotopic (exact) mass is 401 g/mol. The number of hydrogen-bond acceptors (Lipinski definition) is 5. The van der Waals surface area contributed by atoms with Crippen LogP contribution in [0.3, 0.4) is 0 Å². The van der Waals surface area contributed by atoms with Crippen molar-refractivity contribution in [1.29, 1.82) is 0 Å². The predicted molar refractivity (Wildman–Crippen MR) is 101 cm³/mol. The average Bonchev–Trinajstić information content (AvgIpc) is 2.67. The molecule has 1 aromatic heterocycles. The molecule has 0 radical (unpaired) electrons. The van der Waals surface area contributed by atoms with Crippen LogP contribution < -0.4 is 4.90 Å². The van der Waals surface area contributed by atoms with Gasteiger partial charge in [-0.25, -0.2) is 4.98 Å². The molecular weight excluding hydrogens is 379 g/mol. The van der Waals surface area contributed by atoms with Crippen molar-refractivity contribution in [3.8, 4) is 0 Å². The number of aromatic nitrogens is 1.